The first kappa shape index (κ1) is 21.6. The van der Waals surface area contributed by atoms with Crippen molar-refractivity contribution in [1.29, 1.82) is 0 Å². The van der Waals surface area contributed by atoms with Gasteiger partial charge in [0.05, 0.1) is 17.1 Å². The minimum atomic E-state index is -3.65. The Labute approximate surface area is 177 Å². The third-order valence-corrected chi connectivity index (χ3v) is 6.82. The number of nitrogens with zero attached hydrogens (tertiary/aromatic N) is 2. The highest BCUT2D eigenvalue weighted by Gasteiger charge is 2.24. The third kappa shape index (κ3) is 4.71. The molecule has 0 aliphatic carbocycles. The standard InChI is InChI=1S/C22H25ClN2O3S/c1-15-20(24-21(28-15)16-7-6-8-18(23)13-16)14-25(5)29(26,27)19-11-9-17(10-12-19)22(2,3)4/h6-13H,14H2,1-5H3. The largest absolute Gasteiger partial charge is 0.441 e. The molecule has 0 saturated carbocycles. The van der Waals surface area contributed by atoms with Crippen molar-refractivity contribution in [1.82, 2.24) is 9.29 Å². The van der Waals surface area contributed by atoms with E-state index in [0.29, 0.717) is 22.4 Å². The summed E-state index contributed by atoms with van der Waals surface area (Å²) in [5, 5.41) is 0.582. The lowest BCUT2D eigenvalue weighted by Gasteiger charge is -2.20. The van der Waals surface area contributed by atoms with Crippen molar-refractivity contribution >= 4 is 21.6 Å². The number of oxazole rings is 1. The molecule has 154 valence electrons. The molecule has 0 fully saturated rings. The zero-order valence-electron chi connectivity index (χ0n) is 17.2. The van der Waals surface area contributed by atoms with Crippen LogP contribution in [0.2, 0.25) is 5.02 Å². The predicted molar refractivity (Wildman–Crippen MR) is 115 cm³/mol. The second-order valence-electron chi connectivity index (χ2n) is 8.07. The van der Waals surface area contributed by atoms with Crippen LogP contribution in [0.3, 0.4) is 0 Å². The zero-order chi connectivity index (χ0) is 21.4. The lowest BCUT2D eigenvalue weighted by molar-refractivity contribution is 0.457. The van der Waals surface area contributed by atoms with Crippen molar-refractivity contribution in [3.05, 3.63) is 70.6 Å². The summed E-state index contributed by atoms with van der Waals surface area (Å²) in [5.41, 5.74) is 2.35. The van der Waals surface area contributed by atoms with Gasteiger partial charge in [-0.05, 0) is 48.2 Å². The highest BCUT2D eigenvalue weighted by Crippen LogP contribution is 2.27. The van der Waals surface area contributed by atoms with Gasteiger partial charge in [-0.25, -0.2) is 13.4 Å². The van der Waals surface area contributed by atoms with E-state index in [4.69, 9.17) is 16.0 Å². The van der Waals surface area contributed by atoms with Crippen LogP contribution in [0.15, 0.2) is 57.8 Å². The van der Waals surface area contributed by atoms with Crippen molar-refractivity contribution < 1.29 is 12.8 Å². The number of sulfonamides is 1. The van der Waals surface area contributed by atoms with Crippen molar-refractivity contribution in [2.24, 2.45) is 0 Å². The van der Waals surface area contributed by atoms with E-state index in [2.05, 4.69) is 25.8 Å². The summed E-state index contributed by atoms with van der Waals surface area (Å²) in [6.45, 7) is 8.16. The van der Waals surface area contributed by atoms with E-state index in [1.165, 1.54) is 4.31 Å². The number of hydrogen-bond donors (Lipinski definition) is 0. The number of aryl methyl sites for hydroxylation is 1. The molecule has 1 heterocycles. The number of aromatic nitrogens is 1. The Morgan fingerprint density at radius 3 is 2.34 bits per heavy atom. The van der Waals surface area contributed by atoms with Gasteiger partial charge in [0.2, 0.25) is 15.9 Å². The smallest absolute Gasteiger partial charge is 0.243 e. The lowest BCUT2D eigenvalue weighted by Crippen LogP contribution is -2.27. The van der Waals surface area contributed by atoms with E-state index in [0.717, 1.165) is 11.1 Å². The van der Waals surface area contributed by atoms with E-state index in [-0.39, 0.29) is 16.9 Å². The van der Waals surface area contributed by atoms with Gasteiger partial charge in [-0.2, -0.15) is 4.31 Å². The highest BCUT2D eigenvalue weighted by molar-refractivity contribution is 7.89. The van der Waals surface area contributed by atoms with Crippen molar-refractivity contribution in [2.75, 3.05) is 7.05 Å². The Kier molecular flexibility index (Phi) is 5.90. The first-order chi connectivity index (χ1) is 13.5. The Morgan fingerprint density at radius 1 is 1.10 bits per heavy atom. The molecule has 0 aliphatic heterocycles. The van der Waals surface area contributed by atoms with Crippen LogP contribution in [0, 0.1) is 6.92 Å². The third-order valence-electron chi connectivity index (χ3n) is 4.77. The maximum absolute atomic E-state index is 13.0. The number of rotatable bonds is 5. The molecule has 0 spiro atoms. The fourth-order valence-corrected chi connectivity index (χ4v) is 4.24. The second kappa shape index (κ2) is 7.94. The maximum atomic E-state index is 13.0. The van der Waals surface area contributed by atoms with Crippen LogP contribution in [0.25, 0.3) is 11.5 Å². The minimum absolute atomic E-state index is 0.0389. The lowest BCUT2D eigenvalue weighted by atomic mass is 9.87. The molecule has 5 nitrogen and oxygen atoms in total. The molecule has 1 aromatic heterocycles. The molecule has 0 atom stereocenters. The van der Waals surface area contributed by atoms with Gasteiger partial charge in [0.25, 0.3) is 0 Å². The SMILES string of the molecule is Cc1oc(-c2cccc(Cl)c2)nc1CN(C)S(=O)(=O)c1ccc(C(C)(C)C)cc1. The topological polar surface area (TPSA) is 63.4 Å². The van der Waals surface area contributed by atoms with Gasteiger partial charge in [0.15, 0.2) is 0 Å². The van der Waals surface area contributed by atoms with Gasteiger partial charge >= 0.3 is 0 Å². The van der Waals surface area contributed by atoms with Crippen LogP contribution in [0.1, 0.15) is 37.8 Å². The Bertz CT molecular complexity index is 1110. The summed E-state index contributed by atoms with van der Waals surface area (Å²) in [6, 6.07) is 14.2. The number of benzene rings is 2. The van der Waals surface area contributed by atoms with E-state index in [1.54, 1.807) is 38.2 Å². The van der Waals surface area contributed by atoms with Gasteiger partial charge in [0, 0.05) is 17.6 Å². The Morgan fingerprint density at radius 2 is 1.76 bits per heavy atom. The van der Waals surface area contributed by atoms with Gasteiger partial charge in [-0.3, -0.25) is 0 Å². The van der Waals surface area contributed by atoms with Crippen LogP contribution in [-0.2, 0) is 22.0 Å². The first-order valence-corrected chi connectivity index (χ1v) is 11.1. The molecular weight excluding hydrogens is 408 g/mol. The van der Waals surface area contributed by atoms with Crippen LogP contribution in [0.4, 0.5) is 0 Å². The molecule has 3 aromatic rings. The molecule has 2 aromatic carbocycles. The van der Waals surface area contributed by atoms with E-state index in [1.807, 2.05) is 24.3 Å². The quantitative estimate of drug-likeness (QED) is 0.539. The molecule has 0 N–H and O–H groups in total. The summed E-state index contributed by atoms with van der Waals surface area (Å²) in [7, 11) is -2.11. The summed E-state index contributed by atoms with van der Waals surface area (Å²) >= 11 is 6.04. The second-order valence-corrected chi connectivity index (χ2v) is 10.5. The normalized spacial score (nSPS) is 12.5. The van der Waals surface area contributed by atoms with Crippen molar-refractivity contribution in [3.63, 3.8) is 0 Å². The Hall–Kier alpha value is -2.15. The molecule has 0 saturated heterocycles. The fourth-order valence-electron chi connectivity index (χ4n) is 2.92. The molecule has 0 amide bonds. The summed E-state index contributed by atoms with van der Waals surface area (Å²) in [5.74, 6) is 0.991. The summed E-state index contributed by atoms with van der Waals surface area (Å²) in [6.07, 6.45) is 0. The molecule has 0 unspecified atom stereocenters. The highest BCUT2D eigenvalue weighted by atomic mass is 35.5. The molecular formula is C22H25ClN2O3S. The molecule has 29 heavy (non-hydrogen) atoms. The zero-order valence-corrected chi connectivity index (χ0v) is 18.8. The van der Waals surface area contributed by atoms with Gasteiger partial charge < -0.3 is 4.42 Å². The van der Waals surface area contributed by atoms with Crippen molar-refractivity contribution in [2.45, 2.75) is 44.6 Å². The van der Waals surface area contributed by atoms with E-state index >= 15 is 0 Å². The molecule has 3 rings (SSSR count). The first-order valence-electron chi connectivity index (χ1n) is 9.27. The average Bonchev–Trinajstić information content (AvgIpc) is 3.01. The fraction of sp³-hybridized carbons (Fsp3) is 0.318. The molecule has 0 aliphatic rings. The van der Waals surface area contributed by atoms with Crippen LogP contribution in [0.5, 0.6) is 0 Å². The molecule has 0 radical (unpaired) electrons. The monoisotopic (exact) mass is 432 g/mol. The number of halogens is 1. The van der Waals surface area contributed by atoms with Gasteiger partial charge in [-0.1, -0.05) is 50.6 Å². The summed E-state index contributed by atoms with van der Waals surface area (Å²) < 4.78 is 33.0. The van der Waals surface area contributed by atoms with Crippen LogP contribution >= 0.6 is 11.6 Å². The minimum Gasteiger partial charge on any atom is -0.441 e. The van der Waals surface area contributed by atoms with E-state index < -0.39 is 10.0 Å². The van der Waals surface area contributed by atoms with E-state index in [9.17, 15) is 8.42 Å². The van der Waals surface area contributed by atoms with Crippen LogP contribution in [-0.4, -0.2) is 24.8 Å². The molecule has 0 bridgehead atoms. The predicted octanol–water partition coefficient (Wildman–Crippen LogP) is 5.42. The van der Waals surface area contributed by atoms with Crippen molar-refractivity contribution in [3.8, 4) is 11.5 Å². The Balaban J connectivity index is 1.83. The molecule has 7 heteroatoms. The number of hydrogen-bond acceptors (Lipinski definition) is 4. The van der Waals surface area contributed by atoms with Gasteiger partial charge in [0.1, 0.15) is 5.76 Å². The van der Waals surface area contributed by atoms with Crippen LogP contribution < -0.4 is 0 Å². The van der Waals surface area contributed by atoms with Gasteiger partial charge in [-0.15, -0.1) is 0 Å². The average molecular weight is 433 g/mol. The maximum Gasteiger partial charge on any atom is 0.243 e. The summed E-state index contributed by atoms with van der Waals surface area (Å²) in [4.78, 5) is 4.74.